The van der Waals surface area contributed by atoms with Gasteiger partial charge in [-0.05, 0) is 67.2 Å². The van der Waals surface area contributed by atoms with Gasteiger partial charge in [-0.3, -0.25) is 14.9 Å². The molecule has 2 amide bonds. The van der Waals surface area contributed by atoms with Crippen molar-refractivity contribution in [1.29, 1.82) is 0 Å². The number of amides is 2. The van der Waals surface area contributed by atoms with Crippen molar-refractivity contribution in [2.24, 2.45) is 0 Å². The lowest BCUT2D eigenvalue weighted by atomic mass is 10.1. The summed E-state index contributed by atoms with van der Waals surface area (Å²) in [6, 6.07) is 20.4. The molecule has 0 aliphatic carbocycles. The molecule has 1 aromatic heterocycles. The van der Waals surface area contributed by atoms with E-state index in [0.717, 1.165) is 11.1 Å². The van der Waals surface area contributed by atoms with Gasteiger partial charge in [0.1, 0.15) is 11.5 Å². The summed E-state index contributed by atoms with van der Waals surface area (Å²) in [5, 5.41) is 9.27. The molecule has 0 fully saturated rings. The molecule has 1 heterocycles. The van der Waals surface area contributed by atoms with Crippen LogP contribution in [0.15, 0.2) is 77.2 Å². The largest absolute Gasteiger partial charge is 0.494 e. The lowest BCUT2D eigenvalue weighted by Crippen LogP contribution is -2.33. The van der Waals surface area contributed by atoms with Crippen molar-refractivity contribution in [3.63, 3.8) is 0 Å². The Kier molecular flexibility index (Phi) is 8.13. The number of anilines is 2. The summed E-state index contributed by atoms with van der Waals surface area (Å²) in [5.41, 5.74) is 3.01. The number of furan rings is 1. The number of carbonyl (C=O) groups is 2. The van der Waals surface area contributed by atoms with Gasteiger partial charge >= 0.3 is 0 Å². The van der Waals surface area contributed by atoms with E-state index < -0.39 is 5.91 Å². The number of halogens is 2. The summed E-state index contributed by atoms with van der Waals surface area (Å²) >= 11 is 17.6. The normalized spacial score (nSPS) is 10.5. The number of rotatable bonds is 6. The van der Waals surface area contributed by atoms with Crippen molar-refractivity contribution in [3.05, 3.63) is 99.7 Å². The molecule has 3 aromatic carbocycles. The Morgan fingerprint density at radius 1 is 0.892 bits per heavy atom. The maximum absolute atomic E-state index is 12.6. The van der Waals surface area contributed by atoms with E-state index in [9.17, 15) is 9.59 Å². The first kappa shape index (κ1) is 26.2. The van der Waals surface area contributed by atoms with E-state index in [4.69, 9.17) is 44.6 Å². The minimum Gasteiger partial charge on any atom is -0.494 e. The highest BCUT2D eigenvalue weighted by molar-refractivity contribution is 7.80. The number of ether oxygens (including phenoxy) is 1. The van der Waals surface area contributed by atoms with Gasteiger partial charge in [0.05, 0.1) is 23.4 Å². The van der Waals surface area contributed by atoms with Crippen LogP contribution < -0.4 is 20.7 Å². The average Bonchev–Trinajstić information content (AvgIpc) is 3.37. The van der Waals surface area contributed by atoms with Gasteiger partial charge in [0.2, 0.25) is 0 Å². The molecule has 7 nitrogen and oxygen atoms in total. The smallest absolute Gasteiger partial charge is 0.293 e. The van der Waals surface area contributed by atoms with Crippen LogP contribution in [0.2, 0.25) is 10.0 Å². The highest BCUT2D eigenvalue weighted by Gasteiger charge is 2.16. The predicted octanol–water partition coefficient (Wildman–Crippen LogP) is 6.95. The van der Waals surface area contributed by atoms with Crippen LogP contribution >= 0.6 is 35.4 Å². The average molecular weight is 554 g/mol. The Balaban J connectivity index is 1.40. The van der Waals surface area contributed by atoms with Crippen molar-refractivity contribution >= 4 is 63.7 Å². The number of methoxy groups -OCH3 is 1. The van der Waals surface area contributed by atoms with Gasteiger partial charge in [-0.15, -0.1) is 0 Å². The summed E-state index contributed by atoms with van der Waals surface area (Å²) < 4.78 is 11.1. The summed E-state index contributed by atoms with van der Waals surface area (Å²) in [6.07, 6.45) is 0. The zero-order valence-electron chi connectivity index (χ0n) is 19.7. The van der Waals surface area contributed by atoms with Crippen LogP contribution in [0.25, 0.3) is 11.3 Å². The molecule has 0 radical (unpaired) electrons. The molecule has 188 valence electrons. The Bertz CT molecular complexity index is 1500. The van der Waals surface area contributed by atoms with Crippen LogP contribution in [0.1, 0.15) is 26.5 Å². The van der Waals surface area contributed by atoms with E-state index in [2.05, 4.69) is 16.0 Å². The summed E-state index contributed by atoms with van der Waals surface area (Å²) in [4.78, 5) is 25.2. The highest BCUT2D eigenvalue weighted by atomic mass is 35.5. The first-order valence-corrected chi connectivity index (χ1v) is 12.1. The van der Waals surface area contributed by atoms with E-state index in [0.29, 0.717) is 38.5 Å². The molecule has 4 aromatic rings. The molecule has 37 heavy (non-hydrogen) atoms. The minimum absolute atomic E-state index is 0.0521. The number of benzene rings is 3. The van der Waals surface area contributed by atoms with Crippen molar-refractivity contribution < 1.29 is 18.7 Å². The Morgan fingerprint density at radius 2 is 1.68 bits per heavy atom. The van der Waals surface area contributed by atoms with Crippen molar-refractivity contribution in [2.45, 2.75) is 6.92 Å². The Labute approximate surface area is 228 Å². The lowest BCUT2D eigenvalue weighted by Gasteiger charge is -2.14. The van der Waals surface area contributed by atoms with Crippen molar-refractivity contribution in [1.82, 2.24) is 5.32 Å². The fourth-order valence-electron chi connectivity index (χ4n) is 3.40. The third-order valence-corrected chi connectivity index (χ3v) is 6.28. The Morgan fingerprint density at radius 3 is 2.41 bits per heavy atom. The molecule has 0 aliphatic rings. The molecular formula is C27H21Cl2N3O4S. The third kappa shape index (κ3) is 6.29. The molecule has 0 aliphatic heterocycles. The zero-order valence-corrected chi connectivity index (χ0v) is 22.1. The van der Waals surface area contributed by atoms with E-state index in [1.807, 2.05) is 19.1 Å². The van der Waals surface area contributed by atoms with Gasteiger partial charge < -0.3 is 19.8 Å². The van der Waals surface area contributed by atoms with E-state index >= 15 is 0 Å². The van der Waals surface area contributed by atoms with Crippen LogP contribution in [0.4, 0.5) is 11.4 Å². The number of hydrogen-bond donors (Lipinski definition) is 3. The van der Waals surface area contributed by atoms with Crippen LogP contribution in [0.5, 0.6) is 5.75 Å². The summed E-state index contributed by atoms with van der Waals surface area (Å²) in [6.45, 7) is 1.90. The van der Waals surface area contributed by atoms with E-state index in [1.54, 1.807) is 60.7 Å². The van der Waals surface area contributed by atoms with Gasteiger partial charge in [-0.25, -0.2) is 0 Å². The Hall–Kier alpha value is -3.85. The monoisotopic (exact) mass is 553 g/mol. The molecular weight excluding hydrogens is 533 g/mol. The number of carbonyl (C=O) groups excluding carboxylic acids is 2. The van der Waals surface area contributed by atoms with Crippen LogP contribution in [-0.4, -0.2) is 24.0 Å². The van der Waals surface area contributed by atoms with E-state index in [-0.39, 0.29) is 16.8 Å². The molecule has 0 saturated heterocycles. The fourth-order valence-corrected chi connectivity index (χ4v) is 4.01. The molecule has 0 saturated carbocycles. The quantitative estimate of drug-likeness (QED) is 0.224. The van der Waals surface area contributed by atoms with Crippen LogP contribution in [-0.2, 0) is 0 Å². The molecule has 0 bridgehead atoms. The summed E-state index contributed by atoms with van der Waals surface area (Å²) in [7, 11) is 1.47. The highest BCUT2D eigenvalue weighted by Crippen LogP contribution is 2.30. The number of aryl methyl sites for hydroxylation is 1. The molecule has 0 atom stereocenters. The number of hydrogen-bond acceptors (Lipinski definition) is 5. The molecule has 0 unspecified atom stereocenters. The second-order valence-electron chi connectivity index (χ2n) is 7.89. The maximum atomic E-state index is 12.6. The number of thiocarbonyl (C=S) groups is 1. The maximum Gasteiger partial charge on any atom is 0.293 e. The first-order valence-electron chi connectivity index (χ1n) is 11.0. The van der Waals surface area contributed by atoms with Crippen LogP contribution in [0.3, 0.4) is 0 Å². The van der Waals surface area contributed by atoms with Crippen molar-refractivity contribution in [3.8, 4) is 17.1 Å². The van der Waals surface area contributed by atoms with Gasteiger partial charge in [-0.1, -0.05) is 47.5 Å². The fraction of sp³-hybridized carbons (Fsp3) is 0.0741. The second-order valence-corrected chi connectivity index (χ2v) is 9.11. The van der Waals surface area contributed by atoms with Gasteiger partial charge in [0, 0.05) is 22.3 Å². The molecule has 4 rings (SSSR count). The van der Waals surface area contributed by atoms with E-state index in [1.165, 1.54) is 7.11 Å². The van der Waals surface area contributed by atoms with Gasteiger partial charge in [-0.2, -0.15) is 0 Å². The molecule has 0 spiro atoms. The predicted molar refractivity (Wildman–Crippen MR) is 150 cm³/mol. The molecule has 10 heteroatoms. The van der Waals surface area contributed by atoms with Gasteiger partial charge in [0.15, 0.2) is 10.9 Å². The van der Waals surface area contributed by atoms with Crippen LogP contribution in [0, 0.1) is 6.92 Å². The third-order valence-electron chi connectivity index (χ3n) is 5.34. The number of nitrogens with one attached hydrogen (secondary N) is 3. The second kappa shape index (κ2) is 11.5. The first-order chi connectivity index (χ1) is 17.7. The lowest BCUT2D eigenvalue weighted by molar-refractivity contribution is 0.0950. The van der Waals surface area contributed by atoms with Crippen molar-refractivity contribution in [2.75, 3.05) is 17.7 Å². The zero-order chi connectivity index (χ0) is 26.5. The van der Waals surface area contributed by atoms with Gasteiger partial charge in [0.25, 0.3) is 11.8 Å². The topological polar surface area (TPSA) is 92.6 Å². The SMILES string of the molecule is COc1cc(NC(=S)NC(=O)c2ccc(-c3ccc(C)c(Cl)c3)o2)ccc1NC(=O)c1ccccc1Cl. The minimum atomic E-state index is -0.516. The molecule has 3 N–H and O–H groups in total. The standard InChI is InChI=1S/C27H21Cl2N3O4S/c1-15-7-8-16(13-20(15)29)22-11-12-23(36-22)26(34)32-27(37)30-17-9-10-21(24(14-17)35-2)31-25(33)18-5-3-4-6-19(18)28/h3-14H,1-2H3,(H,31,33)(H2,30,32,34,37). The summed E-state index contributed by atoms with van der Waals surface area (Å²) in [5.74, 6) is 0.0822.